The highest BCUT2D eigenvalue weighted by Crippen LogP contribution is 2.34. The molecule has 0 bridgehead atoms. The number of aromatic nitrogens is 1. The van der Waals surface area contributed by atoms with Gasteiger partial charge in [0, 0.05) is 29.9 Å². The third kappa shape index (κ3) is 4.03. The van der Waals surface area contributed by atoms with Crippen LogP contribution >= 0.6 is 0 Å². The molecule has 5 nitrogen and oxygen atoms in total. The summed E-state index contributed by atoms with van der Waals surface area (Å²) in [6.45, 7) is 5.44. The van der Waals surface area contributed by atoms with Gasteiger partial charge in [-0.05, 0) is 31.0 Å². The average Bonchev–Trinajstić information content (AvgIpc) is 3.06. The van der Waals surface area contributed by atoms with Crippen molar-refractivity contribution in [1.82, 2.24) is 10.3 Å². The first kappa shape index (κ1) is 18.7. The molecule has 0 spiro atoms. The van der Waals surface area contributed by atoms with E-state index in [1.54, 1.807) is 6.92 Å². The lowest BCUT2D eigenvalue weighted by Crippen LogP contribution is -2.45. The van der Waals surface area contributed by atoms with Crippen LogP contribution in [0.25, 0.3) is 10.9 Å². The number of aryl methyl sites for hydroxylation is 1. The fraction of sp³-hybridized carbons (Fsp3) is 0.273. The van der Waals surface area contributed by atoms with Gasteiger partial charge in [0.05, 0.1) is 6.61 Å². The molecule has 1 heterocycles. The third-order valence-corrected chi connectivity index (χ3v) is 4.63. The number of benzene rings is 2. The van der Waals surface area contributed by atoms with Crippen LogP contribution < -0.4 is 5.32 Å². The second-order valence-corrected chi connectivity index (χ2v) is 6.61. The Bertz CT molecular complexity index is 944. The van der Waals surface area contributed by atoms with Gasteiger partial charge in [-0.15, -0.1) is 0 Å². The highest BCUT2D eigenvalue weighted by Gasteiger charge is 2.34. The molecule has 0 radical (unpaired) electrons. The third-order valence-electron chi connectivity index (χ3n) is 4.63. The minimum absolute atomic E-state index is 0.253. The van der Waals surface area contributed by atoms with E-state index < -0.39 is 12.0 Å². The monoisotopic (exact) mass is 364 g/mol. The fourth-order valence-corrected chi connectivity index (χ4v) is 3.41. The van der Waals surface area contributed by atoms with Crippen LogP contribution in [0.4, 0.5) is 0 Å². The number of nitrogens with one attached hydrogen (secondary N) is 2. The Morgan fingerprint density at radius 2 is 1.81 bits per heavy atom. The minimum atomic E-state index is -0.815. The molecular formula is C22H24N2O3. The van der Waals surface area contributed by atoms with Crippen molar-refractivity contribution in [2.45, 2.75) is 32.7 Å². The van der Waals surface area contributed by atoms with Gasteiger partial charge in [0.2, 0.25) is 5.91 Å². The van der Waals surface area contributed by atoms with Crippen molar-refractivity contribution in [3.05, 3.63) is 71.4 Å². The summed E-state index contributed by atoms with van der Waals surface area (Å²) in [7, 11) is 0. The van der Waals surface area contributed by atoms with Crippen molar-refractivity contribution >= 4 is 22.8 Å². The maximum atomic E-state index is 12.7. The second-order valence-electron chi connectivity index (χ2n) is 6.61. The van der Waals surface area contributed by atoms with Crippen LogP contribution in [0.3, 0.4) is 0 Å². The fourth-order valence-electron chi connectivity index (χ4n) is 3.41. The molecule has 3 rings (SSSR count). The molecule has 0 unspecified atom stereocenters. The number of para-hydroxylation sites is 1. The molecule has 0 fully saturated rings. The van der Waals surface area contributed by atoms with Crippen LogP contribution in [0.2, 0.25) is 0 Å². The molecule has 1 amide bonds. The lowest BCUT2D eigenvalue weighted by atomic mass is 9.84. The van der Waals surface area contributed by atoms with E-state index >= 15 is 0 Å². The van der Waals surface area contributed by atoms with Gasteiger partial charge < -0.3 is 15.0 Å². The van der Waals surface area contributed by atoms with E-state index in [9.17, 15) is 9.59 Å². The SMILES string of the molecule is CCOC(=O)[C@H](NC(C)=O)[C@H](c1ccc(C)cc1)c1c[nH]c2ccccc12. The summed E-state index contributed by atoms with van der Waals surface area (Å²) in [6.07, 6.45) is 1.91. The van der Waals surface area contributed by atoms with E-state index in [2.05, 4.69) is 10.3 Å². The Morgan fingerprint density at radius 1 is 1.11 bits per heavy atom. The van der Waals surface area contributed by atoms with Gasteiger partial charge in [0.25, 0.3) is 0 Å². The molecule has 0 aliphatic heterocycles. The van der Waals surface area contributed by atoms with Crippen molar-refractivity contribution in [2.24, 2.45) is 0 Å². The molecule has 2 atom stereocenters. The highest BCUT2D eigenvalue weighted by atomic mass is 16.5. The van der Waals surface area contributed by atoms with Gasteiger partial charge in [-0.3, -0.25) is 4.79 Å². The first-order valence-electron chi connectivity index (χ1n) is 9.07. The number of carbonyl (C=O) groups excluding carboxylic acids is 2. The molecule has 0 saturated carbocycles. The number of amides is 1. The molecule has 140 valence electrons. The lowest BCUT2D eigenvalue weighted by molar-refractivity contribution is -0.147. The predicted octanol–water partition coefficient (Wildman–Crippen LogP) is 3.68. The standard InChI is InChI=1S/C22H24N2O3/c1-4-27-22(26)21(24-15(3)25)20(16-11-9-14(2)10-12-16)18-13-23-19-8-6-5-7-17(18)19/h5-13,20-21,23H,4H2,1-3H3,(H,24,25)/t20-,21-/m1/s1. The van der Waals surface area contributed by atoms with Gasteiger partial charge in [-0.25, -0.2) is 4.79 Å². The Labute approximate surface area is 158 Å². The van der Waals surface area contributed by atoms with Gasteiger partial charge in [0.1, 0.15) is 6.04 Å². The van der Waals surface area contributed by atoms with Crippen molar-refractivity contribution in [3.63, 3.8) is 0 Å². The molecule has 1 aromatic heterocycles. The Hall–Kier alpha value is -3.08. The van der Waals surface area contributed by atoms with Crippen molar-refractivity contribution in [1.29, 1.82) is 0 Å². The quantitative estimate of drug-likeness (QED) is 0.656. The minimum Gasteiger partial charge on any atom is -0.464 e. The normalized spacial score (nSPS) is 13.1. The number of H-pyrrole nitrogens is 1. The number of ether oxygens (including phenoxy) is 1. The first-order chi connectivity index (χ1) is 13.0. The highest BCUT2D eigenvalue weighted by molar-refractivity contribution is 5.89. The number of aromatic amines is 1. The summed E-state index contributed by atoms with van der Waals surface area (Å²) in [6, 6.07) is 15.1. The largest absolute Gasteiger partial charge is 0.464 e. The summed E-state index contributed by atoms with van der Waals surface area (Å²) in [5, 5.41) is 3.82. The molecule has 2 N–H and O–H groups in total. The maximum Gasteiger partial charge on any atom is 0.329 e. The molecule has 0 saturated heterocycles. The van der Waals surface area contributed by atoms with Gasteiger partial charge in [0.15, 0.2) is 0 Å². The van der Waals surface area contributed by atoms with Crippen LogP contribution in [0.1, 0.15) is 36.5 Å². The van der Waals surface area contributed by atoms with Crippen molar-refractivity contribution in [2.75, 3.05) is 6.61 Å². The second kappa shape index (κ2) is 8.08. The van der Waals surface area contributed by atoms with E-state index in [4.69, 9.17) is 4.74 Å². The predicted molar refractivity (Wildman–Crippen MR) is 106 cm³/mol. The zero-order valence-corrected chi connectivity index (χ0v) is 15.8. The van der Waals surface area contributed by atoms with Crippen LogP contribution in [-0.2, 0) is 14.3 Å². The zero-order chi connectivity index (χ0) is 19.4. The molecule has 2 aromatic carbocycles. The van der Waals surface area contributed by atoms with Gasteiger partial charge >= 0.3 is 5.97 Å². The summed E-state index contributed by atoms with van der Waals surface area (Å²) < 4.78 is 5.28. The number of fused-ring (bicyclic) bond motifs is 1. The smallest absolute Gasteiger partial charge is 0.329 e. The van der Waals surface area contributed by atoms with E-state index in [-0.39, 0.29) is 18.4 Å². The topological polar surface area (TPSA) is 71.2 Å². The summed E-state index contributed by atoms with van der Waals surface area (Å²) in [5.74, 6) is -1.08. The first-order valence-corrected chi connectivity index (χ1v) is 9.07. The average molecular weight is 364 g/mol. The van der Waals surface area contributed by atoms with Crippen LogP contribution in [0.15, 0.2) is 54.7 Å². The number of hydrogen-bond donors (Lipinski definition) is 2. The Morgan fingerprint density at radius 3 is 2.48 bits per heavy atom. The van der Waals surface area contributed by atoms with Gasteiger partial charge in [-0.2, -0.15) is 0 Å². The summed E-state index contributed by atoms with van der Waals surface area (Å²) in [4.78, 5) is 27.9. The van der Waals surface area contributed by atoms with Crippen molar-refractivity contribution < 1.29 is 14.3 Å². The maximum absolute atomic E-state index is 12.7. The van der Waals surface area contributed by atoms with Crippen LogP contribution in [0, 0.1) is 6.92 Å². The Kier molecular flexibility index (Phi) is 5.60. The van der Waals surface area contributed by atoms with Crippen LogP contribution in [-0.4, -0.2) is 29.5 Å². The molecule has 3 aromatic rings. The zero-order valence-electron chi connectivity index (χ0n) is 15.8. The summed E-state index contributed by atoms with van der Waals surface area (Å²) in [5.41, 5.74) is 4.00. The Balaban J connectivity index is 2.17. The lowest BCUT2D eigenvalue weighted by Gasteiger charge is -2.26. The summed E-state index contributed by atoms with van der Waals surface area (Å²) >= 11 is 0. The van der Waals surface area contributed by atoms with E-state index in [0.717, 1.165) is 27.6 Å². The van der Waals surface area contributed by atoms with Crippen molar-refractivity contribution in [3.8, 4) is 0 Å². The van der Waals surface area contributed by atoms with E-state index in [0.29, 0.717) is 0 Å². The number of rotatable bonds is 6. The van der Waals surface area contributed by atoms with Crippen LogP contribution in [0.5, 0.6) is 0 Å². The number of esters is 1. The molecule has 5 heteroatoms. The molecule has 0 aliphatic carbocycles. The van der Waals surface area contributed by atoms with Gasteiger partial charge in [-0.1, -0.05) is 48.0 Å². The number of carbonyl (C=O) groups is 2. The van der Waals surface area contributed by atoms with E-state index in [1.807, 2.05) is 61.7 Å². The number of hydrogen-bond acceptors (Lipinski definition) is 3. The van der Waals surface area contributed by atoms with E-state index in [1.165, 1.54) is 6.92 Å². The molecule has 27 heavy (non-hydrogen) atoms. The molecule has 0 aliphatic rings. The molecular weight excluding hydrogens is 340 g/mol.